The van der Waals surface area contributed by atoms with Crippen molar-refractivity contribution >= 4 is 0 Å². The van der Waals surface area contributed by atoms with Crippen LogP contribution in [0.4, 0.5) is 0 Å². The molecule has 2 nitrogen and oxygen atoms in total. The number of aromatic nitrogens is 1. The van der Waals surface area contributed by atoms with Crippen LogP contribution in [-0.4, -0.2) is 16.3 Å². The molecule has 1 heterocycles. The van der Waals surface area contributed by atoms with E-state index in [0.717, 1.165) is 6.54 Å². The quantitative estimate of drug-likeness (QED) is 0.699. The van der Waals surface area contributed by atoms with Gasteiger partial charge in [-0.3, -0.25) is 0 Å². The fourth-order valence-corrected chi connectivity index (χ4v) is 1.02. The van der Waals surface area contributed by atoms with Crippen LogP contribution in [0.5, 0.6) is 0 Å². The summed E-state index contributed by atoms with van der Waals surface area (Å²) in [5.41, 5.74) is -0.0149. The standard InChI is InChI=1S/C9H15NO/c1-9(2,8-11)7-10-5-3-4-6-10/h3-6,11H,7-8H2,1-2H3. The summed E-state index contributed by atoms with van der Waals surface area (Å²) in [7, 11) is 0. The summed E-state index contributed by atoms with van der Waals surface area (Å²) in [5.74, 6) is 0. The van der Waals surface area contributed by atoms with E-state index in [1.807, 2.05) is 38.4 Å². The zero-order valence-electron chi connectivity index (χ0n) is 7.12. The predicted octanol–water partition coefficient (Wildman–Crippen LogP) is 1.51. The van der Waals surface area contributed by atoms with Gasteiger partial charge in [-0.15, -0.1) is 0 Å². The fraction of sp³-hybridized carbons (Fsp3) is 0.556. The molecular weight excluding hydrogens is 138 g/mol. The maximum Gasteiger partial charge on any atom is 0.0499 e. The van der Waals surface area contributed by atoms with Crippen LogP contribution in [0.1, 0.15) is 13.8 Å². The molecule has 0 radical (unpaired) electrons. The lowest BCUT2D eigenvalue weighted by atomic mass is 9.95. The fourth-order valence-electron chi connectivity index (χ4n) is 1.02. The van der Waals surface area contributed by atoms with E-state index in [4.69, 9.17) is 5.11 Å². The lowest BCUT2D eigenvalue weighted by Gasteiger charge is -2.21. The smallest absolute Gasteiger partial charge is 0.0499 e. The van der Waals surface area contributed by atoms with Gasteiger partial charge in [0, 0.05) is 31.0 Å². The van der Waals surface area contributed by atoms with Crippen LogP contribution in [0.15, 0.2) is 24.5 Å². The van der Waals surface area contributed by atoms with Crippen LogP contribution in [0.2, 0.25) is 0 Å². The second-order valence-electron chi connectivity index (χ2n) is 3.68. The molecule has 0 spiro atoms. The first-order valence-corrected chi connectivity index (χ1v) is 3.86. The van der Waals surface area contributed by atoms with Crippen molar-refractivity contribution in [2.75, 3.05) is 6.61 Å². The van der Waals surface area contributed by atoms with E-state index in [9.17, 15) is 0 Å². The molecule has 11 heavy (non-hydrogen) atoms. The lowest BCUT2D eigenvalue weighted by molar-refractivity contribution is 0.141. The molecule has 1 rings (SSSR count). The van der Waals surface area contributed by atoms with Crippen molar-refractivity contribution in [2.24, 2.45) is 5.41 Å². The Labute approximate surface area is 67.5 Å². The van der Waals surface area contributed by atoms with Gasteiger partial charge >= 0.3 is 0 Å². The van der Waals surface area contributed by atoms with Gasteiger partial charge in [-0.25, -0.2) is 0 Å². The van der Waals surface area contributed by atoms with Crippen molar-refractivity contribution in [2.45, 2.75) is 20.4 Å². The summed E-state index contributed by atoms with van der Waals surface area (Å²) in [4.78, 5) is 0. The molecule has 0 aliphatic heterocycles. The highest BCUT2D eigenvalue weighted by atomic mass is 16.3. The Morgan fingerprint density at radius 2 is 1.82 bits per heavy atom. The average Bonchev–Trinajstić information content (AvgIpc) is 2.39. The molecular formula is C9H15NO. The van der Waals surface area contributed by atoms with E-state index in [0.29, 0.717) is 0 Å². The van der Waals surface area contributed by atoms with Crippen LogP contribution >= 0.6 is 0 Å². The Bertz CT molecular complexity index is 201. The minimum Gasteiger partial charge on any atom is -0.396 e. The molecule has 0 atom stereocenters. The summed E-state index contributed by atoms with van der Waals surface area (Å²) in [5, 5.41) is 8.98. The van der Waals surface area contributed by atoms with Crippen LogP contribution in [-0.2, 0) is 6.54 Å². The molecule has 0 aliphatic carbocycles. The zero-order chi connectivity index (χ0) is 8.32. The second-order valence-corrected chi connectivity index (χ2v) is 3.68. The number of hydrogen-bond acceptors (Lipinski definition) is 1. The third kappa shape index (κ3) is 2.39. The molecule has 0 bridgehead atoms. The summed E-state index contributed by atoms with van der Waals surface area (Å²) in [6, 6.07) is 3.99. The second kappa shape index (κ2) is 3.09. The molecule has 0 amide bonds. The van der Waals surface area contributed by atoms with Gasteiger partial charge in [-0.1, -0.05) is 13.8 Å². The summed E-state index contributed by atoms with van der Waals surface area (Å²) >= 11 is 0. The lowest BCUT2D eigenvalue weighted by Crippen LogP contribution is -2.22. The van der Waals surface area contributed by atoms with E-state index in [1.165, 1.54) is 0 Å². The van der Waals surface area contributed by atoms with E-state index in [1.54, 1.807) is 0 Å². The Balaban J connectivity index is 2.56. The molecule has 0 saturated heterocycles. The molecule has 0 aromatic carbocycles. The van der Waals surface area contributed by atoms with Gasteiger partial charge in [0.15, 0.2) is 0 Å². The maximum absolute atomic E-state index is 8.98. The SMILES string of the molecule is CC(C)(CO)Cn1cccc1. The first kappa shape index (κ1) is 8.34. The van der Waals surface area contributed by atoms with Gasteiger partial charge in [0.2, 0.25) is 0 Å². The van der Waals surface area contributed by atoms with Crippen LogP contribution < -0.4 is 0 Å². The van der Waals surface area contributed by atoms with Crippen LogP contribution in [0, 0.1) is 5.41 Å². The summed E-state index contributed by atoms with van der Waals surface area (Å²) in [6.07, 6.45) is 4.02. The summed E-state index contributed by atoms with van der Waals surface area (Å²) < 4.78 is 2.08. The van der Waals surface area contributed by atoms with Crippen molar-refractivity contribution < 1.29 is 5.11 Å². The van der Waals surface area contributed by atoms with Crippen molar-refractivity contribution in [3.8, 4) is 0 Å². The Hall–Kier alpha value is -0.760. The molecule has 1 aromatic rings. The highest BCUT2D eigenvalue weighted by Crippen LogP contribution is 2.16. The van der Waals surface area contributed by atoms with Gasteiger partial charge in [0.05, 0.1) is 0 Å². The minimum absolute atomic E-state index is 0.0149. The Morgan fingerprint density at radius 3 is 2.27 bits per heavy atom. The maximum atomic E-state index is 8.98. The summed E-state index contributed by atoms with van der Waals surface area (Å²) in [6.45, 7) is 5.20. The molecule has 2 heteroatoms. The van der Waals surface area contributed by atoms with Crippen molar-refractivity contribution in [3.63, 3.8) is 0 Å². The number of hydrogen-bond donors (Lipinski definition) is 1. The average molecular weight is 153 g/mol. The first-order chi connectivity index (χ1) is 5.14. The first-order valence-electron chi connectivity index (χ1n) is 3.86. The third-order valence-electron chi connectivity index (χ3n) is 1.70. The number of aliphatic hydroxyl groups is 1. The van der Waals surface area contributed by atoms with Gasteiger partial charge in [-0.05, 0) is 12.1 Å². The molecule has 1 N–H and O–H groups in total. The third-order valence-corrected chi connectivity index (χ3v) is 1.70. The van der Waals surface area contributed by atoms with Crippen molar-refractivity contribution in [1.82, 2.24) is 4.57 Å². The van der Waals surface area contributed by atoms with Crippen LogP contribution in [0.25, 0.3) is 0 Å². The topological polar surface area (TPSA) is 25.2 Å². The van der Waals surface area contributed by atoms with E-state index in [-0.39, 0.29) is 12.0 Å². The molecule has 1 aromatic heterocycles. The molecule has 0 saturated carbocycles. The molecule has 0 fully saturated rings. The highest BCUT2D eigenvalue weighted by molar-refractivity contribution is 4.91. The van der Waals surface area contributed by atoms with Gasteiger partial charge in [-0.2, -0.15) is 0 Å². The number of nitrogens with zero attached hydrogens (tertiary/aromatic N) is 1. The molecule has 0 unspecified atom stereocenters. The monoisotopic (exact) mass is 153 g/mol. The largest absolute Gasteiger partial charge is 0.396 e. The van der Waals surface area contributed by atoms with Crippen LogP contribution in [0.3, 0.4) is 0 Å². The van der Waals surface area contributed by atoms with Gasteiger partial charge in [0.1, 0.15) is 0 Å². The Kier molecular flexibility index (Phi) is 2.35. The van der Waals surface area contributed by atoms with E-state index in [2.05, 4.69) is 4.57 Å². The van der Waals surface area contributed by atoms with Gasteiger partial charge in [0.25, 0.3) is 0 Å². The Morgan fingerprint density at radius 1 is 1.27 bits per heavy atom. The van der Waals surface area contributed by atoms with Crippen molar-refractivity contribution in [1.29, 1.82) is 0 Å². The van der Waals surface area contributed by atoms with Gasteiger partial charge < -0.3 is 9.67 Å². The highest BCUT2D eigenvalue weighted by Gasteiger charge is 2.15. The minimum atomic E-state index is -0.0149. The molecule has 0 aliphatic rings. The normalized spacial score (nSPS) is 11.9. The molecule has 62 valence electrons. The number of rotatable bonds is 3. The number of aliphatic hydroxyl groups excluding tert-OH is 1. The predicted molar refractivity (Wildman–Crippen MR) is 45.3 cm³/mol. The van der Waals surface area contributed by atoms with Crippen molar-refractivity contribution in [3.05, 3.63) is 24.5 Å². The van der Waals surface area contributed by atoms with E-state index < -0.39 is 0 Å². The zero-order valence-corrected chi connectivity index (χ0v) is 7.12. The van der Waals surface area contributed by atoms with E-state index >= 15 is 0 Å².